The van der Waals surface area contributed by atoms with Crippen LogP contribution in [0.4, 0.5) is 19.6 Å². The molecule has 9 heteroatoms. The van der Waals surface area contributed by atoms with Gasteiger partial charge in [-0.1, -0.05) is 6.07 Å². The summed E-state index contributed by atoms with van der Waals surface area (Å²) in [6.45, 7) is 5.32. The summed E-state index contributed by atoms with van der Waals surface area (Å²) in [6, 6.07) is 5.87. The number of hydrogen-bond acceptors (Lipinski definition) is 7. The molecule has 2 aromatic carbocycles. The molecular formula is C25H25F2N5OS. The maximum absolute atomic E-state index is 16.3. The van der Waals surface area contributed by atoms with Crippen molar-refractivity contribution in [3.05, 3.63) is 41.0 Å². The minimum atomic E-state index is -0.466. The molecular weight excluding hydrogens is 456 g/mol. The van der Waals surface area contributed by atoms with Gasteiger partial charge in [0.05, 0.1) is 16.8 Å². The van der Waals surface area contributed by atoms with Crippen LogP contribution in [-0.2, 0) is 0 Å². The molecule has 0 spiro atoms. The van der Waals surface area contributed by atoms with Crippen molar-refractivity contribution in [3.63, 3.8) is 0 Å². The number of thiophene rings is 1. The Kier molecular flexibility index (Phi) is 4.90. The maximum Gasteiger partial charge on any atom is 0.318 e. The van der Waals surface area contributed by atoms with Crippen LogP contribution in [0.1, 0.15) is 24.0 Å². The van der Waals surface area contributed by atoms with Gasteiger partial charge in [0, 0.05) is 41.5 Å². The van der Waals surface area contributed by atoms with Gasteiger partial charge < -0.3 is 20.7 Å². The van der Waals surface area contributed by atoms with E-state index >= 15 is 4.39 Å². The first-order valence-corrected chi connectivity index (χ1v) is 12.2. The average molecular weight is 482 g/mol. The lowest BCUT2D eigenvalue weighted by atomic mass is 9.93. The van der Waals surface area contributed by atoms with E-state index in [9.17, 15) is 4.39 Å². The number of aromatic nitrogens is 2. The molecule has 0 amide bonds. The van der Waals surface area contributed by atoms with Crippen LogP contribution in [0.2, 0.25) is 0 Å². The Morgan fingerprint density at radius 1 is 1.15 bits per heavy atom. The maximum atomic E-state index is 16.3. The van der Waals surface area contributed by atoms with Gasteiger partial charge in [0.1, 0.15) is 17.2 Å². The third-order valence-electron chi connectivity index (χ3n) is 7.12. The van der Waals surface area contributed by atoms with Crippen LogP contribution in [0.15, 0.2) is 18.2 Å². The Morgan fingerprint density at radius 3 is 2.59 bits per heavy atom. The molecule has 4 aromatic rings. The lowest BCUT2D eigenvalue weighted by Crippen LogP contribution is -2.51. The fourth-order valence-electron chi connectivity index (χ4n) is 5.50. The fourth-order valence-corrected chi connectivity index (χ4v) is 6.50. The van der Waals surface area contributed by atoms with E-state index in [2.05, 4.69) is 20.2 Å². The zero-order valence-corrected chi connectivity index (χ0v) is 20.0. The number of methoxy groups -OCH3 is 1. The van der Waals surface area contributed by atoms with Crippen molar-refractivity contribution in [1.29, 1.82) is 0 Å². The molecule has 0 aliphatic carbocycles. The molecule has 4 heterocycles. The second-order valence-electron chi connectivity index (χ2n) is 9.25. The topological polar surface area (TPSA) is 76.3 Å². The van der Waals surface area contributed by atoms with Gasteiger partial charge in [0.15, 0.2) is 5.82 Å². The molecule has 2 unspecified atom stereocenters. The number of rotatable bonds is 3. The number of fused-ring (bicyclic) bond motifs is 4. The minimum absolute atomic E-state index is 0.127. The number of hydrogen-bond donors (Lipinski definition) is 2. The van der Waals surface area contributed by atoms with Crippen LogP contribution in [-0.4, -0.2) is 42.3 Å². The summed E-state index contributed by atoms with van der Waals surface area (Å²) in [7, 11) is 1.49. The number of nitrogens with zero attached hydrogens (tertiary/aromatic N) is 3. The van der Waals surface area contributed by atoms with E-state index in [4.69, 9.17) is 10.5 Å². The molecule has 0 radical (unpaired) electrons. The van der Waals surface area contributed by atoms with Gasteiger partial charge in [-0.05, 0) is 55.5 Å². The zero-order chi connectivity index (χ0) is 23.7. The number of halogens is 2. The Labute approximate surface area is 199 Å². The molecule has 34 heavy (non-hydrogen) atoms. The molecule has 2 aromatic heterocycles. The number of nitrogen functional groups attached to an aromatic ring is 1. The van der Waals surface area contributed by atoms with Gasteiger partial charge in [-0.15, -0.1) is 11.3 Å². The summed E-state index contributed by atoms with van der Waals surface area (Å²) in [5, 5.41) is 5.44. The highest BCUT2D eigenvalue weighted by molar-refractivity contribution is 7.23. The molecule has 2 fully saturated rings. The predicted molar refractivity (Wildman–Crippen MR) is 133 cm³/mol. The van der Waals surface area contributed by atoms with Crippen molar-refractivity contribution < 1.29 is 13.5 Å². The van der Waals surface area contributed by atoms with E-state index in [0.29, 0.717) is 49.5 Å². The van der Waals surface area contributed by atoms with Crippen LogP contribution in [0.5, 0.6) is 6.01 Å². The zero-order valence-electron chi connectivity index (χ0n) is 19.2. The first kappa shape index (κ1) is 21.5. The van der Waals surface area contributed by atoms with Crippen molar-refractivity contribution in [2.45, 2.75) is 38.8 Å². The van der Waals surface area contributed by atoms with Crippen molar-refractivity contribution in [2.24, 2.45) is 0 Å². The number of ether oxygens (including phenoxy) is 1. The van der Waals surface area contributed by atoms with Gasteiger partial charge >= 0.3 is 6.01 Å². The van der Waals surface area contributed by atoms with E-state index < -0.39 is 5.82 Å². The third-order valence-corrected chi connectivity index (χ3v) is 8.25. The Morgan fingerprint density at radius 2 is 1.88 bits per heavy atom. The summed E-state index contributed by atoms with van der Waals surface area (Å²) < 4.78 is 36.7. The monoisotopic (exact) mass is 481 g/mol. The number of nitrogens with one attached hydrogen (secondary N) is 1. The Balaban J connectivity index is 1.61. The van der Waals surface area contributed by atoms with Gasteiger partial charge in [-0.2, -0.15) is 9.97 Å². The number of piperazine rings is 1. The highest BCUT2D eigenvalue weighted by Crippen LogP contribution is 2.44. The van der Waals surface area contributed by atoms with Crippen LogP contribution in [0.25, 0.3) is 32.1 Å². The molecule has 2 aliphatic heterocycles. The molecule has 2 aliphatic rings. The predicted octanol–water partition coefficient (Wildman–Crippen LogP) is 4.94. The van der Waals surface area contributed by atoms with E-state index in [1.54, 1.807) is 6.07 Å². The summed E-state index contributed by atoms with van der Waals surface area (Å²) >= 11 is 1.19. The van der Waals surface area contributed by atoms with Crippen molar-refractivity contribution >= 4 is 43.1 Å². The molecule has 0 saturated carbocycles. The molecule has 3 N–H and O–H groups in total. The minimum Gasteiger partial charge on any atom is -0.467 e. The van der Waals surface area contributed by atoms with E-state index in [-0.39, 0.29) is 17.3 Å². The second kappa shape index (κ2) is 7.74. The second-order valence-corrected chi connectivity index (χ2v) is 10.3. The number of anilines is 2. The third kappa shape index (κ3) is 3.14. The molecule has 2 saturated heterocycles. The summed E-state index contributed by atoms with van der Waals surface area (Å²) in [4.78, 5) is 11.3. The number of benzene rings is 2. The van der Waals surface area contributed by atoms with Crippen LogP contribution < -0.4 is 20.7 Å². The summed E-state index contributed by atoms with van der Waals surface area (Å²) in [5.74, 6) is -0.136. The van der Waals surface area contributed by atoms with E-state index in [1.807, 2.05) is 19.9 Å². The van der Waals surface area contributed by atoms with Crippen LogP contribution >= 0.6 is 11.3 Å². The number of nitrogens with two attached hydrogens (primary N) is 1. The standard InChI is InChI=1S/C25H25F2N5OS/c1-11-8-16-21(30-25(33-3)31-24(16)32-9-13-4-5-14(10-32)29-13)20(27)18(11)15-6-7-17(26)22-19(15)12(2)23(28)34-22/h6-8,13-14,29H,4-5,9-10,28H2,1-3H3. The Bertz CT molecular complexity index is 1460. The fraction of sp³-hybridized carbons (Fsp3) is 0.360. The molecule has 2 atom stereocenters. The van der Waals surface area contributed by atoms with Gasteiger partial charge in [0.2, 0.25) is 0 Å². The van der Waals surface area contributed by atoms with Crippen molar-refractivity contribution in [2.75, 3.05) is 30.8 Å². The van der Waals surface area contributed by atoms with Gasteiger partial charge in [0.25, 0.3) is 0 Å². The quantitative estimate of drug-likeness (QED) is 0.432. The van der Waals surface area contributed by atoms with E-state index in [1.165, 1.54) is 24.5 Å². The molecule has 6 nitrogen and oxygen atoms in total. The number of aryl methyl sites for hydroxylation is 2. The smallest absolute Gasteiger partial charge is 0.318 e. The van der Waals surface area contributed by atoms with Crippen molar-refractivity contribution in [1.82, 2.24) is 15.3 Å². The van der Waals surface area contributed by atoms with Crippen LogP contribution in [0.3, 0.4) is 0 Å². The average Bonchev–Trinajstić information content (AvgIpc) is 3.32. The first-order chi connectivity index (χ1) is 16.4. The van der Waals surface area contributed by atoms with Gasteiger partial charge in [-0.3, -0.25) is 0 Å². The molecule has 6 rings (SSSR count). The van der Waals surface area contributed by atoms with E-state index in [0.717, 1.165) is 37.1 Å². The normalized spacial score (nSPS) is 20.0. The van der Waals surface area contributed by atoms with Crippen LogP contribution in [0, 0.1) is 25.5 Å². The molecule has 176 valence electrons. The highest BCUT2D eigenvalue weighted by Gasteiger charge is 2.34. The summed E-state index contributed by atoms with van der Waals surface area (Å²) in [6.07, 6.45) is 2.26. The van der Waals surface area contributed by atoms with Gasteiger partial charge in [-0.25, -0.2) is 8.78 Å². The largest absolute Gasteiger partial charge is 0.467 e. The lowest BCUT2D eigenvalue weighted by molar-refractivity contribution is 0.380. The van der Waals surface area contributed by atoms with Crippen molar-refractivity contribution in [3.8, 4) is 17.1 Å². The summed E-state index contributed by atoms with van der Waals surface area (Å²) in [5.41, 5.74) is 8.80. The highest BCUT2D eigenvalue weighted by atomic mass is 32.1. The Hall–Kier alpha value is -3.04. The first-order valence-electron chi connectivity index (χ1n) is 11.4. The lowest BCUT2D eigenvalue weighted by Gasteiger charge is -2.34. The SMILES string of the molecule is COc1nc(N2CC3CCC(C2)N3)c2cc(C)c(-c3ccc(F)c4sc(N)c(C)c34)c(F)c2n1. The molecule has 2 bridgehead atoms.